The Labute approximate surface area is 89.2 Å². The predicted molar refractivity (Wildman–Crippen MR) is 57.3 cm³/mol. The Morgan fingerprint density at radius 1 is 1.53 bits per heavy atom. The summed E-state index contributed by atoms with van der Waals surface area (Å²) < 4.78 is 18.7. The van der Waals surface area contributed by atoms with Crippen LogP contribution < -0.4 is 10.5 Å². The average Bonchev–Trinajstić information content (AvgIpc) is 2.17. The minimum Gasteiger partial charge on any atom is -0.490 e. The lowest BCUT2D eigenvalue weighted by Crippen LogP contribution is -2.29. The van der Waals surface area contributed by atoms with Gasteiger partial charge < -0.3 is 10.5 Å². The molecule has 82 valence electrons. The lowest BCUT2D eigenvalue weighted by atomic mass is 9.95. The molecular formula is C12H16FNO. The Bertz CT molecular complexity index is 353. The second kappa shape index (κ2) is 4.19. The van der Waals surface area contributed by atoms with E-state index >= 15 is 0 Å². The van der Waals surface area contributed by atoms with E-state index in [-0.39, 0.29) is 18.0 Å². The summed E-state index contributed by atoms with van der Waals surface area (Å²) >= 11 is 0. The maximum absolute atomic E-state index is 13.0. The van der Waals surface area contributed by atoms with Crippen LogP contribution in [0.5, 0.6) is 5.75 Å². The van der Waals surface area contributed by atoms with E-state index in [9.17, 15) is 4.39 Å². The molecule has 1 aromatic carbocycles. The van der Waals surface area contributed by atoms with Gasteiger partial charge in [0, 0.05) is 24.1 Å². The molecule has 0 fully saturated rings. The van der Waals surface area contributed by atoms with E-state index in [0.717, 1.165) is 24.8 Å². The van der Waals surface area contributed by atoms with Gasteiger partial charge in [0.15, 0.2) is 0 Å². The van der Waals surface area contributed by atoms with Gasteiger partial charge in [0.2, 0.25) is 0 Å². The molecule has 0 radical (unpaired) electrons. The molecule has 2 N–H and O–H groups in total. The third kappa shape index (κ3) is 2.12. The molecule has 0 aliphatic carbocycles. The van der Waals surface area contributed by atoms with Gasteiger partial charge in [-0.3, -0.25) is 0 Å². The summed E-state index contributed by atoms with van der Waals surface area (Å²) in [6.07, 6.45) is 3.00. The molecule has 0 saturated carbocycles. The third-order valence-electron chi connectivity index (χ3n) is 2.80. The summed E-state index contributed by atoms with van der Waals surface area (Å²) in [5.41, 5.74) is 6.93. The highest BCUT2D eigenvalue weighted by Gasteiger charge is 2.25. The zero-order valence-corrected chi connectivity index (χ0v) is 8.87. The third-order valence-corrected chi connectivity index (χ3v) is 2.80. The van der Waals surface area contributed by atoms with Crippen molar-refractivity contribution in [3.63, 3.8) is 0 Å². The lowest BCUT2D eigenvalue weighted by Gasteiger charge is -2.30. The molecular weight excluding hydrogens is 193 g/mol. The Kier molecular flexibility index (Phi) is 2.91. The van der Waals surface area contributed by atoms with Crippen molar-refractivity contribution in [1.82, 2.24) is 0 Å². The van der Waals surface area contributed by atoms with Gasteiger partial charge in [-0.05, 0) is 12.5 Å². The average molecular weight is 209 g/mol. The van der Waals surface area contributed by atoms with Crippen molar-refractivity contribution in [2.45, 2.75) is 38.3 Å². The van der Waals surface area contributed by atoms with Crippen LogP contribution >= 0.6 is 0 Å². The molecule has 1 aliphatic rings. The quantitative estimate of drug-likeness (QED) is 0.812. The Balaban J connectivity index is 2.25. The first-order valence-corrected chi connectivity index (χ1v) is 5.42. The highest BCUT2D eigenvalue weighted by Crippen LogP contribution is 2.34. The molecule has 0 amide bonds. The zero-order valence-electron chi connectivity index (χ0n) is 8.87. The van der Waals surface area contributed by atoms with Gasteiger partial charge in [0.1, 0.15) is 17.7 Å². The van der Waals surface area contributed by atoms with Gasteiger partial charge in [-0.1, -0.05) is 19.4 Å². The first kappa shape index (κ1) is 10.4. The molecule has 0 spiro atoms. The normalized spacial score (nSPS) is 24.5. The van der Waals surface area contributed by atoms with E-state index in [0.29, 0.717) is 5.75 Å². The van der Waals surface area contributed by atoms with Gasteiger partial charge in [-0.15, -0.1) is 0 Å². The van der Waals surface area contributed by atoms with Gasteiger partial charge in [-0.25, -0.2) is 4.39 Å². The summed E-state index contributed by atoms with van der Waals surface area (Å²) in [4.78, 5) is 0. The number of benzene rings is 1. The van der Waals surface area contributed by atoms with Gasteiger partial charge >= 0.3 is 0 Å². The Morgan fingerprint density at radius 2 is 2.33 bits per heavy atom. The first-order valence-electron chi connectivity index (χ1n) is 5.42. The number of halogens is 1. The van der Waals surface area contributed by atoms with Gasteiger partial charge in [0.25, 0.3) is 0 Å². The number of hydrogen-bond acceptors (Lipinski definition) is 2. The molecule has 3 heteroatoms. The van der Waals surface area contributed by atoms with Crippen LogP contribution in [0.1, 0.15) is 37.8 Å². The Hall–Kier alpha value is -1.09. The molecule has 0 saturated heterocycles. The van der Waals surface area contributed by atoms with E-state index in [1.54, 1.807) is 6.07 Å². The molecule has 1 aliphatic heterocycles. The van der Waals surface area contributed by atoms with Crippen LogP contribution in [-0.2, 0) is 0 Å². The van der Waals surface area contributed by atoms with Crippen molar-refractivity contribution in [3.05, 3.63) is 29.6 Å². The molecule has 0 aromatic heterocycles. The summed E-state index contributed by atoms with van der Waals surface area (Å²) in [5, 5.41) is 0. The highest BCUT2D eigenvalue weighted by atomic mass is 19.1. The van der Waals surface area contributed by atoms with E-state index in [1.165, 1.54) is 12.1 Å². The molecule has 2 rings (SSSR count). The molecule has 1 heterocycles. The first-order chi connectivity index (χ1) is 7.20. The van der Waals surface area contributed by atoms with E-state index < -0.39 is 0 Å². The molecule has 1 aromatic rings. The van der Waals surface area contributed by atoms with Crippen LogP contribution in [0.15, 0.2) is 18.2 Å². The minimum absolute atomic E-state index is 0.0223. The number of fused-ring (bicyclic) bond motifs is 1. The van der Waals surface area contributed by atoms with Crippen molar-refractivity contribution < 1.29 is 9.13 Å². The molecule has 0 bridgehead atoms. The lowest BCUT2D eigenvalue weighted by molar-refractivity contribution is 0.148. The zero-order chi connectivity index (χ0) is 10.8. The highest BCUT2D eigenvalue weighted by molar-refractivity contribution is 5.38. The van der Waals surface area contributed by atoms with Crippen LogP contribution in [-0.4, -0.2) is 6.10 Å². The summed E-state index contributed by atoms with van der Waals surface area (Å²) in [6.45, 7) is 2.11. The van der Waals surface area contributed by atoms with Crippen molar-refractivity contribution in [3.8, 4) is 5.75 Å². The molecule has 15 heavy (non-hydrogen) atoms. The van der Waals surface area contributed by atoms with E-state index in [2.05, 4.69) is 6.92 Å². The van der Waals surface area contributed by atoms with Crippen molar-refractivity contribution >= 4 is 0 Å². The fraction of sp³-hybridized carbons (Fsp3) is 0.500. The molecule has 2 atom stereocenters. The van der Waals surface area contributed by atoms with Crippen LogP contribution in [0.3, 0.4) is 0 Å². The topological polar surface area (TPSA) is 35.2 Å². The van der Waals surface area contributed by atoms with Crippen molar-refractivity contribution in [2.24, 2.45) is 5.73 Å². The monoisotopic (exact) mass is 209 g/mol. The maximum atomic E-state index is 13.0. The van der Waals surface area contributed by atoms with Crippen molar-refractivity contribution in [1.29, 1.82) is 0 Å². The van der Waals surface area contributed by atoms with Crippen molar-refractivity contribution in [2.75, 3.05) is 0 Å². The van der Waals surface area contributed by atoms with E-state index in [4.69, 9.17) is 10.5 Å². The smallest absolute Gasteiger partial charge is 0.127 e. The fourth-order valence-electron chi connectivity index (χ4n) is 2.05. The number of rotatable bonds is 2. The maximum Gasteiger partial charge on any atom is 0.127 e. The Morgan fingerprint density at radius 3 is 3.07 bits per heavy atom. The number of nitrogens with two attached hydrogens (primary N) is 1. The fourth-order valence-corrected chi connectivity index (χ4v) is 2.05. The van der Waals surface area contributed by atoms with Crippen LogP contribution in [0.25, 0.3) is 0 Å². The van der Waals surface area contributed by atoms with Crippen LogP contribution in [0, 0.1) is 5.82 Å². The molecule has 2 unspecified atom stereocenters. The second-order valence-corrected chi connectivity index (χ2v) is 4.05. The SMILES string of the molecule is CCCC1CC(N)c2ccc(F)cc2O1. The standard InChI is InChI=1S/C12H16FNO/c1-2-3-9-7-11(14)10-5-4-8(13)6-12(10)15-9/h4-6,9,11H,2-3,7,14H2,1H3. The minimum atomic E-state index is -0.266. The number of hydrogen-bond donors (Lipinski definition) is 1. The summed E-state index contributed by atoms with van der Waals surface area (Å²) in [5.74, 6) is 0.352. The number of ether oxygens (including phenoxy) is 1. The van der Waals surface area contributed by atoms with E-state index in [1.807, 2.05) is 0 Å². The van der Waals surface area contributed by atoms with Crippen LogP contribution in [0.2, 0.25) is 0 Å². The second-order valence-electron chi connectivity index (χ2n) is 4.05. The molecule has 2 nitrogen and oxygen atoms in total. The van der Waals surface area contributed by atoms with Gasteiger partial charge in [-0.2, -0.15) is 0 Å². The summed E-state index contributed by atoms with van der Waals surface area (Å²) in [6, 6.07) is 4.56. The van der Waals surface area contributed by atoms with Gasteiger partial charge in [0.05, 0.1) is 0 Å². The predicted octanol–water partition coefficient (Wildman–Crippen LogP) is 2.78. The van der Waals surface area contributed by atoms with Crippen LogP contribution in [0.4, 0.5) is 4.39 Å². The largest absolute Gasteiger partial charge is 0.490 e. The summed E-state index contributed by atoms with van der Waals surface area (Å²) in [7, 11) is 0.